The SMILES string of the molecule is CCCCCCCCCCCCCO[PH]1(CCCCCCCCCCCCC)Oc2cc(C)c(cc2C(C)(C)C)C(CCC)c2cc(C(C)(C)C)c(cc2C)O1. The topological polar surface area (TPSA) is 27.7 Å². The Hall–Kier alpha value is -1.57. The molecule has 0 fully saturated rings. The van der Waals surface area contributed by atoms with E-state index < -0.39 is 7.94 Å². The van der Waals surface area contributed by atoms with Crippen molar-refractivity contribution in [2.75, 3.05) is 12.8 Å². The van der Waals surface area contributed by atoms with E-state index in [1.165, 1.54) is 162 Å². The van der Waals surface area contributed by atoms with Crippen LogP contribution in [0.25, 0.3) is 0 Å². The maximum absolute atomic E-state index is 7.51. The van der Waals surface area contributed by atoms with Gasteiger partial charge in [0.25, 0.3) is 0 Å². The van der Waals surface area contributed by atoms with E-state index in [1.54, 1.807) is 0 Å². The number of unbranched alkanes of at least 4 members (excludes halogenated alkanes) is 20. The predicted molar refractivity (Wildman–Crippen MR) is 250 cm³/mol. The van der Waals surface area contributed by atoms with Crippen LogP contribution in [0, 0.1) is 13.8 Å². The number of hydrogen-bond acceptors (Lipinski definition) is 3. The monoisotopic (exact) mass is 795 g/mol. The van der Waals surface area contributed by atoms with Crippen molar-refractivity contribution < 1.29 is 13.6 Å². The zero-order valence-electron chi connectivity index (χ0n) is 39.0. The van der Waals surface area contributed by atoms with E-state index in [0.29, 0.717) is 12.5 Å². The Morgan fingerprint density at radius 2 is 0.839 bits per heavy atom. The zero-order valence-corrected chi connectivity index (χ0v) is 40.0. The number of rotatable bonds is 27. The molecule has 4 heteroatoms. The summed E-state index contributed by atoms with van der Waals surface area (Å²) in [5.74, 6) is 2.29. The summed E-state index contributed by atoms with van der Waals surface area (Å²) in [6.07, 6.45) is 32.2. The maximum atomic E-state index is 7.51. The van der Waals surface area contributed by atoms with E-state index in [4.69, 9.17) is 13.6 Å². The normalized spacial score (nSPS) is 16.0. The summed E-state index contributed by atoms with van der Waals surface area (Å²) in [7, 11) is -3.26. The molecule has 2 aromatic rings. The molecule has 56 heavy (non-hydrogen) atoms. The molecule has 0 atom stereocenters. The molecule has 4 heterocycles. The first-order valence-corrected chi connectivity index (χ1v) is 26.0. The van der Waals surface area contributed by atoms with Gasteiger partial charge in [-0.25, -0.2) is 0 Å². The molecule has 4 aliphatic rings. The van der Waals surface area contributed by atoms with Crippen LogP contribution in [0.4, 0.5) is 0 Å². The molecule has 0 saturated carbocycles. The van der Waals surface area contributed by atoms with Crippen molar-refractivity contribution in [2.45, 2.75) is 247 Å². The van der Waals surface area contributed by atoms with Gasteiger partial charge in [-0.3, -0.25) is 0 Å². The van der Waals surface area contributed by atoms with Crippen molar-refractivity contribution >= 4 is 7.94 Å². The molecule has 0 aromatic heterocycles. The number of benzene rings is 2. The second-order valence-corrected chi connectivity index (χ2v) is 22.4. The fourth-order valence-corrected chi connectivity index (χ4v) is 11.5. The second kappa shape index (κ2) is 25.1. The second-order valence-electron chi connectivity index (χ2n) is 19.8. The van der Waals surface area contributed by atoms with Crippen molar-refractivity contribution in [1.82, 2.24) is 0 Å². The van der Waals surface area contributed by atoms with Crippen LogP contribution >= 0.6 is 7.94 Å². The first kappa shape index (κ1) is 48.8. The third-order valence-corrected chi connectivity index (χ3v) is 15.0. The molecule has 0 N–H and O–H groups in total. The molecule has 0 aliphatic carbocycles. The molecule has 0 unspecified atom stereocenters. The molecule has 0 saturated heterocycles. The van der Waals surface area contributed by atoms with Gasteiger partial charge in [-0.15, -0.1) is 0 Å². The summed E-state index contributed by atoms with van der Waals surface area (Å²) < 4.78 is 22.2. The van der Waals surface area contributed by atoms with Crippen molar-refractivity contribution in [2.24, 2.45) is 0 Å². The van der Waals surface area contributed by atoms with Crippen LogP contribution in [0.3, 0.4) is 0 Å². The molecule has 0 spiro atoms. The van der Waals surface area contributed by atoms with Crippen LogP contribution in [0.15, 0.2) is 24.3 Å². The molecular weight excluding hydrogens is 704 g/mol. The van der Waals surface area contributed by atoms with E-state index >= 15 is 0 Å². The molecule has 0 radical (unpaired) electrons. The molecular formula is C52H91O3P. The van der Waals surface area contributed by atoms with Crippen LogP contribution < -0.4 is 9.05 Å². The number of hydrogen-bond donors (Lipinski definition) is 0. The van der Waals surface area contributed by atoms with E-state index in [9.17, 15) is 0 Å². The Bertz CT molecular complexity index is 1310. The van der Waals surface area contributed by atoms with Gasteiger partial charge in [0, 0.05) is 0 Å². The third-order valence-electron chi connectivity index (χ3n) is 12.4. The van der Waals surface area contributed by atoms with E-state index in [0.717, 1.165) is 43.3 Å². The first-order chi connectivity index (χ1) is 26.8. The standard InChI is InChI=1S/C52H91O3P/c1-12-15-17-19-21-23-25-27-29-31-33-36-53-56(37-34-32-30-28-26-24-22-20-18-16-13-2)54-49-38-42(4)45(40-47(49)51(6,7)8)44(35-14-3)46-41-48(52(9,10)11)50(55-56)39-43(46)5/h38-41,44,56H,12-37H2,1-11H3. The fraction of sp³-hybridized carbons (Fsp3) is 0.769. The van der Waals surface area contributed by atoms with Crippen LogP contribution in [-0.4, -0.2) is 12.8 Å². The Morgan fingerprint density at radius 1 is 0.482 bits per heavy atom. The summed E-state index contributed by atoms with van der Waals surface area (Å²) in [4.78, 5) is 0. The van der Waals surface area contributed by atoms with Gasteiger partial charge in [0.1, 0.15) is 0 Å². The first-order valence-electron chi connectivity index (χ1n) is 24.1. The Kier molecular flexibility index (Phi) is 21.9. The quantitative estimate of drug-likeness (QED) is 0.0666. The van der Waals surface area contributed by atoms with Gasteiger partial charge in [-0.05, 0) is 0 Å². The van der Waals surface area contributed by atoms with Crippen LogP contribution in [0.1, 0.15) is 256 Å². The van der Waals surface area contributed by atoms with E-state index in [2.05, 4.69) is 100 Å². The average Bonchev–Trinajstić information content (AvgIpc) is 3.12. The predicted octanol–water partition coefficient (Wildman–Crippen LogP) is 17.7. The van der Waals surface area contributed by atoms with Gasteiger partial charge in [-0.1, -0.05) is 20.3 Å². The summed E-state index contributed by atoms with van der Waals surface area (Å²) in [5.41, 5.74) is 7.91. The molecule has 4 bridgehead atoms. The van der Waals surface area contributed by atoms with E-state index in [-0.39, 0.29) is 10.8 Å². The molecule has 322 valence electrons. The average molecular weight is 795 g/mol. The molecule has 6 rings (SSSR count). The van der Waals surface area contributed by atoms with Gasteiger partial charge in [0.15, 0.2) is 0 Å². The molecule has 3 nitrogen and oxygen atoms in total. The molecule has 0 amide bonds. The Balaban J connectivity index is 1.93. The number of aryl methyl sites for hydroxylation is 2. The zero-order chi connectivity index (χ0) is 41.0. The summed E-state index contributed by atoms with van der Waals surface area (Å²) in [5, 5.41) is 0. The van der Waals surface area contributed by atoms with Gasteiger partial charge in [-0.2, -0.15) is 0 Å². The molecule has 2 aromatic carbocycles. The van der Waals surface area contributed by atoms with Gasteiger partial charge in [0.05, 0.1) is 0 Å². The van der Waals surface area contributed by atoms with Crippen molar-refractivity contribution in [3.05, 3.63) is 57.6 Å². The van der Waals surface area contributed by atoms with Crippen molar-refractivity contribution in [3.63, 3.8) is 0 Å². The van der Waals surface area contributed by atoms with Gasteiger partial charge in [0.2, 0.25) is 0 Å². The Morgan fingerprint density at radius 3 is 1.20 bits per heavy atom. The Labute approximate surface area is 349 Å². The van der Waals surface area contributed by atoms with E-state index in [1.807, 2.05) is 0 Å². The minimum absolute atomic E-state index is 0.0839. The van der Waals surface area contributed by atoms with Crippen LogP contribution in [-0.2, 0) is 15.4 Å². The minimum atomic E-state index is -3.26. The van der Waals surface area contributed by atoms with Crippen molar-refractivity contribution in [1.29, 1.82) is 0 Å². The van der Waals surface area contributed by atoms with Crippen molar-refractivity contribution in [3.8, 4) is 11.5 Å². The summed E-state index contributed by atoms with van der Waals surface area (Å²) in [6.45, 7) is 26.3. The van der Waals surface area contributed by atoms with Crippen LogP contribution in [0.2, 0.25) is 0 Å². The summed E-state index contributed by atoms with van der Waals surface area (Å²) in [6, 6.07) is 9.71. The van der Waals surface area contributed by atoms with Crippen LogP contribution in [0.5, 0.6) is 11.5 Å². The summed E-state index contributed by atoms with van der Waals surface area (Å²) >= 11 is 0. The molecule has 4 aliphatic heterocycles. The van der Waals surface area contributed by atoms with Gasteiger partial charge < -0.3 is 0 Å². The van der Waals surface area contributed by atoms with Gasteiger partial charge >= 0.3 is 330 Å². The fourth-order valence-electron chi connectivity index (χ4n) is 8.84. The third kappa shape index (κ3) is 16.2.